The molecule has 0 aromatic carbocycles. The molecule has 0 aromatic rings. The molecule has 4 aliphatic rings. The molecule has 8 heteroatoms. The highest BCUT2D eigenvalue weighted by atomic mass is 35.5. The number of carbonyl (C=O) groups excluding carboxylic acids is 3. The van der Waals surface area contributed by atoms with E-state index < -0.39 is 75.5 Å². The van der Waals surface area contributed by atoms with Crippen LogP contribution in [-0.2, 0) is 19.1 Å². The molecule has 0 amide bonds. The third-order valence-electron chi connectivity index (χ3n) is 9.01. The van der Waals surface area contributed by atoms with Gasteiger partial charge < -0.3 is 9.84 Å². The first kappa shape index (κ1) is 23.6. The van der Waals surface area contributed by atoms with Crippen LogP contribution in [0.4, 0.5) is 8.78 Å². The number of Topliss-reactive ketones (excluding diaryl/α,β-unsaturated/α-hetero) is 1. The van der Waals surface area contributed by atoms with E-state index in [9.17, 15) is 19.5 Å². The number of rotatable bonds is 3. The smallest absolute Gasteiger partial charge is 0.303 e. The van der Waals surface area contributed by atoms with Gasteiger partial charge in [0.2, 0.25) is 0 Å². The van der Waals surface area contributed by atoms with Gasteiger partial charge in [-0.3, -0.25) is 14.4 Å². The lowest BCUT2D eigenvalue weighted by molar-refractivity contribution is -0.229. The van der Waals surface area contributed by atoms with Crippen LogP contribution >= 0.6 is 11.6 Å². The molecule has 0 aromatic heterocycles. The van der Waals surface area contributed by atoms with E-state index in [2.05, 4.69) is 0 Å². The van der Waals surface area contributed by atoms with E-state index in [0.29, 0.717) is 6.42 Å². The molecule has 32 heavy (non-hydrogen) atoms. The molecule has 1 N–H and O–H groups in total. The molecule has 176 valence electrons. The Bertz CT molecular complexity index is 949. The van der Waals surface area contributed by atoms with Gasteiger partial charge in [0.15, 0.2) is 22.8 Å². The number of halogens is 3. The molecule has 0 heterocycles. The Morgan fingerprint density at radius 1 is 1.28 bits per heavy atom. The van der Waals surface area contributed by atoms with Crippen molar-refractivity contribution in [3.63, 3.8) is 0 Å². The van der Waals surface area contributed by atoms with Crippen molar-refractivity contribution < 1.29 is 33.0 Å². The third-order valence-corrected chi connectivity index (χ3v) is 9.25. The van der Waals surface area contributed by atoms with E-state index in [4.69, 9.17) is 16.3 Å². The number of ether oxygens (including phenoxy) is 1. The lowest BCUT2D eigenvalue weighted by atomic mass is 9.44. The number of esters is 1. The average Bonchev–Trinajstić information content (AvgIpc) is 2.92. The van der Waals surface area contributed by atoms with Gasteiger partial charge in [0.1, 0.15) is 6.17 Å². The fraction of sp³-hybridized carbons (Fsp3) is 0.708. The minimum absolute atomic E-state index is 0.0422. The van der Waals surface area contributed by atoms with Crippen LogP contribution in [0.25, 0.3) is 0 Å². The van der Waals surface area contributed by atoms with Crippen LogP contribution in [-0.4, -0.2) is 52.1 Å². The molecule has 5 nitrogen and oxygen atoms in total. The maximum atomic E-state index is 17.1. The summed E-state index contributed by atoms with van der Waals surface area (Å²) in [7, 11) is 0. The Morgan fingerprint density at radius 2 is 1.94 bits per heavy atom. The number of aliphatic hydroxyl groups excluding tert-OH is 1. The Labute approximate surface area is 191 Å². The molecular weight excluding hydrogens is 442 g/mol. The molecular formula is C24H29ClF2O5. The fourth-order valence-corrected chi connectivity index (χ4v) is 7.92. The highest BCUT2D eigenvalue weighted by molar-refractivity contribution is 6.29. The lowest BCUT2D eigenvalue weighted by Gasteiger charge is -2.63. The van der Waals surface area contributed by atoms with E-state index in [1.807, 2.05) is 0 Å². The number of hydrogen-bond donors (Lipinski definition) is 1. The molecule has 4 rings (SSSR count). The van der Waals surface area contributed by atoms with Gasteiger partial charge >= 0.3 is 5.97 Å². The van der Waals surface area contributed by atoms with E-state index in [-0.39, 0.29) is 18.4 Å². The Hall–Kier alpha value is -1.60. The molecule has 9 unspecified atom stereocenters. The zero-order chi connectivity index (χ0) is 23.9. The molecule has 0 radical (unpaired) electrons. The summed E-state index contributed by atoms with van der Waals surface area (Å²) in [6.45, 7) is 6.20. The van der Waals surface area contributed by atoms with E-state index in [0.717, 1.165) is 6.08 Å². The topological polar surface area (TPSA) is 80.7 Å². The highest BCUT2D eigenvalue weighted by Gasteiger charge is 2.77. The summed E-state index contributed by atoms with van der Waals surface area (Å²) in [5.74, 6) is -3.95. The third kappa shape index (κ3) is 2.61. The van der Waals surface area contributed by atoms with Crippen molar-refractivity contribution in [2.24, 2.45) is 28.6 Å². The van der Waals surface area contributed by atoms with E-state index in [1.54, 1.807) is 13.8 Å². The predicted molar refractivity (Wildman–Crippen MR) is 113 cm³/mol. The quantitative estimate of drug-likeness (QED) is 0.503. The molecule has 0 aliphatic heterocycles. The summed E-state index contributed by atoms with van der Waals surface area (Å²) < 4.78 is 38.3. The molecule has 3 saturated carbocycles. The van der Waals surface area contributed by atoms with Gasteiger partial charge in [0.05, 0.1) is 12.0 Å². The highest BCUT2D eigenvalue weighted by Crippen LogP contribution is 2.71. The zero-order valence-electron chi connectivity index (χ0n) is 18.7. The summed E-state index contributed by atoms with van der Waals surface area (Å²) in [5.41, 5.74) is -6.47. The first-order valence-corrected chi connectivity index (χ1v) is 11.6. The molecule has 3 fully saturated rings. The summed E-state index contributed by atoms with van der Waals surface area (Å²) in [6.07, 6.45) is 0.520. The standard InChI is InChI=1S/C24H29ClF2O5/c1-12-7-15-16-9-18(26)17-8-14(29)5-6-21(17,3)23(16,27)19(30)10-22(15,4)24(12,20(31)11-25)32-13(2)28/h5-6,8,12,15-16,18-19,30H,7,9-11H2,1-4H3. The van der Waals surface area contributed by atoms with Crippen molar-refractivity contribution in [3.05, 3.63) is 23.8 Å². The number of ketones is 2. The Balaban J connectivity index is 1.89. The van der Waals surface area contributed by atoms with Crippen LogP contribution < -0.4 is 0 Å². The molecule has 0 spiro atoms. The van der Waals surface area contributed by atoms with Gasteiger partial charge in [0, 0.05) is 29.6 Å². The van der Waals surface area contributed by atoms with Crippen LogP contribution in [0.5, 0.6) is 0 Å². The first-order valence-electron chi connectivity index (χ1n) is 11.0. The monoisotopic (exact) mass is 470 g/mol. The van der Waals surface area contributed by atoms with Crippen LogP contribution in [0.3, 0.4) is 0 Å². The zero-order valence-corrected chi connectivity index (χ0v) is 19.4. The van der Waals surface area contributed by atoms with Gasteiger partial charge in [-0.05, 0) is 49.8 Å². The molecule has 0 saturated heterocycles. The number of allylic oxidation sites excluding steroid dienone is 4. The number of aliphatic hydroxyl groups is 1. The second kappa shape index (κ2) is 7.20. The summed E-state index contributed by atoms with van der Waals surface area (Å²) in [6, 6.07) is 0. The minimum atomic E-state index is -2.25. The molecule has 0 bridgehead atoms. The van der Waals surface area contributed by atoms with Crippen molar-refractivity contribution in [1.29, 1.82) is 0 Å². The normalized spacial score (nSPS) is 49.6. The fourth-order valence-electron chi connectivity index (χ4n) is 7.72. The largest absolute Gasteiger partial charge is 0.450 e. The van der Waals surface area contributed by atoms with Crippen molar-refractivity contribution in [2.75, 3.05) is 5.88 Å². The average molecular weight is 471 g/mol. The van der Waals surface area contributed by atoms with Gasteiger partial charge in [-0.2, -0.15) is 0 Å². The number of hydrogen-bond acceptors (Lipinski definition) is 5. The van der Waals surface area contributed by atoms with Gasteiger partial charge in [-0.1, -0.05) is 19.9 Å². The lowest BCUT2D eigenvalue weighted by Crippen LogP contribution is -2.71. The number of alkyl halides is 3. The van der Waals surface area contributed by atoms with Crippen LogP contribution in [0.1, 0.15) is 47.0 Å². The van der Waals surface area contributed by atoms with Crippen molar-refractivity contribution in [1.82, 2.24) is 0 Å². The van der Waals surface area contributed by atoms with Gasteiger partial charge in [0.25, 0.3) is 0 Å². The maximum absolute atomic E-state index is 17.1. The summed E-state index contributed by atoms with van der Waals surface area (Å²) in [4.78, 5) is 37.1. The van der Waals surface area contributed by atoms with Crippen LogP contribution in [0.15, 0.2) is 23.8 Å². The van der Waals surface area contributed by atoms with E-state index >= 15 is 8.78 Å². The maximum Gasteiger partial charge on any atom is 0.303 e. The van der Waals surface area contributed by atoms with Crippen molar-refractivity contribution in [2.45, 2.75) is 70.5 Å². The predicted octanol–water partition coefficient (Wildman–Crippen LogP) is 3.66. The SMILES string of the molecule is CC(=O)OC1(C(=O)CCl)C(C)CC2C3CC(F)C4=CC(=O)C=CC4(C)C3(F)C(O)CC21C. The second-order valence-electron chi connectivity index (χ2n) is 10.4. The summed E-state index contributed by atoms with van der Waals surface area (Å²) >= 11 is 5.93. The van der Waals surface area contributed by atoms with Gasteiger partial charge in [-0.15, -0.1) is 11.6 Å². The number of carbonyl (C=O) groups is 3. The van der Waals surface area contributed by atoms with Crippen molar-refractivity contribution in [3.8, 4) is 0 Å². The minimum Gasteiger partial charge on any atom is -0.450 e. The summed E-state index contributed by atoms with van der Waals surface area (Å²) in [5, 5.41) is 11.3. The van der Waals surface area contributed by atoms with Gasteiger partial charge in [-0.25, -0.2) is 8.78 Å². The Morgan fingerprint density at radius 3 is 2.53 bits per heavy atom. The second-order valence-corrected chi connectivity index (χ2v) is 10.6. The van der Waals surface area contributed by atoms with E-state index in [1.165, 1.54) is 26.0 Å². The molecule has 9 atom stereocenters. The van der Waals surface area contributed by atoms with Crippen LogP contribution in [0.2, 0.25) is 0 Å². The van der Waals surface area contributed by atoms with Crippen LogP contribution in [0, 0.1) is 28.6 Å². The Kier molecular flexibility index (Phi) is 5.30. The number of fused-ring (bicyclic) bond motifs is 5. The first-order chi connectivity index (χ1) is 14.8. The van der Waals surface area contributed by atoms with Crippen molar-refractivity contribution >= 4 is 29.1 Å². The molecule has 4 aliphatic carbocycles.